The number of hydrogen-bond donors (Lipinski definition) is 2. The van der Waals surface area contributed by atoms with Gasteiger partial charge < -0.3 is 14.8 Å². The quantitative estimate of drug-likeness (QED) is 0.644. The van der Waals surface area contributed by atoms with Crippen LogP contribution in [0.1, 0.15) is 57.2 Å². The average molecular weight is 369 g/mol. The predicted octanol–water partition coefficient (Wildman–Crippen LogP) is 5.23. The third-order valence-corrected chi connectivity index (χ3v) is 4.33. The lowest BCUT2D eigenvalue weighted by atomic mass is 9.82. The number of nitrogens with zero attached hydrogens (tertiary/aromatic N) is 2. The summed E-state index contributed by atoms with van der Waals surface area (Å²) in [5.41, 5.74) is 2.81. The second-order valence-electron chi connectivity index (χ2n) is 8.96. The first kappa shape index (κ1) is 19.0. The number of nitrogens with one attached hydrogen (secondary N) is 1. The molecule has 3 aromatic rings. The standard InChI is InChI=1S/C21H27N3O3/c1-13-7-9-24-15(11-13)22-16(14-8-10-27-17(14)19(25)26)18(24)23-21(5,6)12-20(2,3)4/h7-11,23H,12H2,1-6H3,(H,25,26). The zero-order valence-corrected chi connectivity index (χ0v) is 16.8. The van der Waals surface area contributed by atoms with Crippen LogP contribution < -0.4 is 5.32 Å². The van der Waals surface area contributed by atoms with E-state index in [4.69, 9.17) is 9.40 Å². The number of carboxylic acid groups (broad SMARTS) is 1. The first-order valence-electron chi connectivity index (χ1n) is 9.05. The molecular formula is C21H27N3O3. The number of fused-ring (bicyclic) bond motifs is 1. The second-order valence-corrected chi connectivity index (χ2v) is 8.96. The molecule has 0 spiro atoms. The van der Waals surface area contributed by atoms with Gasteiger partial charge in [0.15, 0.2) is 0 Å². The normalized spacial score (nSPS) is 12.5. The molecule has 0 bridgehead atoms. The molecular weight excluding hydrogens is 342 g/mol. The Kier molecular flexibility index (Phi) is 4.54. The summed E-state index contributed by atoms with van der Waals surface area (Å²) in [4.78, 5) is 16.3. The summed E-state index contributed by atoms with van der Waals surface area (Å²) in [5, 5.41) is 13.1. The van der Waals surface area contributed by atoms with E-state index in [0.717, 1.165) is 23.4 Å². The number of anilines is 1. The van der Waals surface area contributed by atoms with Crippen molar-refractivity contribution in [1.29, 1.82) is 0 Å². The number of imidazole rings is 1. The molecule has 0 aliphatic rings. The van der Waals surface area contributed by atoms with Crippen molar-refractivity contribution in [3.63, 3.8) is 0 Å². The van der Waals surface area contributed by atoms with Gasteiger partial charge in [0.05, 0.1) is 11.8 Å². The number of pyridine rings is 1. The van der Waals surface area contributed by atoms with Gasteiger partial charge in [0.25, 0.3) is 0 Å². The van der Waals surface area contributed by atoms with Crippen LogP contribution in [-0.4, -0.2) is 26.0 Å². The van der Waals surface area contributed by atoms with E-state index in [2.05, 4.69) is 39.9 Å². The van der Waals surface area contributed by atoms with Crippen LogP contribution in [0, 0.1) is 12.3 Å². The van der Waals surface area contributed by atoms with E-state index in [1.54, 1.807) is 6.07 Å². The van der Waals surface area contributed by atoms with E-state index in [1.165, 1.54) is 6.26 Å². The Morgan fingerprint density at radius 1 is 1.26 bits per heavy atom. The monoisotopic (exact) mass is 369 g/mol. The van der Waals surface area contributed by atoms with Crippen molar-refractivity contribution in [2.75, 3.05) is 5.32 Å². The summed E-state index contributed by atoms with van der Waals surface area (Å²) in [5.74, 6) is -0.446. The highest BCUT2D eigenvalue weighted by Gasteiger charge is 2.29. The number of furan rings is 1. The average Bonchev–Trinajstić information content (AvgIpc) is 3.09. The topological polar surface area (TPSA) is 79.8 Å². The first-order chi connectivity index (χ1) is 12.5. The molecule has 3 rings (SSSR count). The van der Waals surface area contributed by atoms with Gasteiger partial charge in [0, 0.05) is 11.7 Å². The van der Waals surface area contributed by atoms with E-state index < -0.39 is 5.97 Å². The van der Waals surface area contributed by atoms with Crippen molar-refractivity contribution >= 4 is 17.4 Å². The molecule has 3 heterocycles. The van der Waals surface area contributed by atoms with Crippen molar-refractivity contribution in [3.8, 4) is 11.3 Å². The first-order valence-corrected chi connectivity index (χ1v) is 9.05. The van der Waals surface area contributed by atoms with Crippen LogP contribution in [0.4, 0.5) is 5.82 Å². The number of carbonyl (C=O) groups is 1. The van der Waals surface area contributed by atoms with E-state index in [-0.39, 0.29) is 16.7 Å². The van der Waals surface area contributed by atoms with Crippen LogP contribution in [-0.2, 0) is 0 Å². The fourth-order valence-electron chi connectivity index (χ4n) is 3.81. The van der Waals surface area contributed by atoms with Crippen molar-refractivity contribution < 1.29 is 14.3 Å². The zero-order valence-electron chi connectivity index (χ0n) is 16.8. The lowest BCUT2D eigenvalue weighted by Crippen LogP contribution is -2.36. The molecule has 3 aromatic heterocycles. The maximum atomic E-state index is 11.6. The second kappa shape index (κ2) is 6.44. The third kappa shape index (κ3) is 3.99. The Morgan fingerprint density at radius 3 is 2.59 bits per heavy atom. The highest BCUT2D eigenvalue weighted by atomic mass is 16.4. The van der Waals surface area contributed by atoms with E-state index >= 15 is 0 Å². The van der Waals surface area contributed by atoms with Gasteiger partial charge in [0.1, 0.15) is 17.2 Å². The molecule has 6 heteroatoms. The van der Waals surface area contributed by atoms with Crippen LogP contribution >= 0.6 is 0 Å². The van der Waals surface area contributed by atoms with Crippen molar-refractivity contribution in [1.82, 2.24) is 9.38 Å². The number of hydrogen-bond acceptors (Lipinski definition) is 4. The molecule has 144 valence electrons. The molecule has 27 heavy (non-hydrogen) atoms. The molecule has 0 fully saturated rings. The fourth-order valence-corrected chi connectivity index (χ4v) is 3.81. The Bertz CT molecular complexity index is 990. The maximum absolute atomic E-state index is 11.6. The molecule has 0 saturated heterocycles. The number of rotatable bonds is 5. The molecule has 0 atom stereocenters. The van der Waals surface area contributed by atoms with E-state index in [1.807, 2.05) is 29.7 Å². The van der Waals surface area contributed by atoms with E-state index in [9.17, 15) is 9.90 Å². The Hall–Kier alpha value is -2.76. The van der Waals surface area contributed by atoms with Gasteiger partial charge >= 0.3 is 5.97 Å². The number of aromatic nitrogens is 2. The highest BCUT2D eigenvalue weighted by molar-refractivity contribution is 5.95. The minimum Gasteiger partial charge on any atom is -0.475 e. The summed E-state index contributed by atoms with van der Waals surface area (Å²) in [7, 11) is 0. The third-order valence-electron chi connectivity index (χ3n) is 4.33. The highest BCUT2D eigenvalue weighted by Crippen LogP contribution is 2.36. The Morgan fingerprint density at radius 2 is 1.96 bits per heavy atom. The minimum absolute atomic E-state index is 0.105. The fraction of sp³-hybridized carbons (Fsp3) is 0.429. The van der Waals surface area contributed by atoms with Crippen LogP contribution in [0.25, 0.3) is 16.9 Å². The summed E-state index contributed by atoms with van der Waals surface area (Å²) < 4.78 is 7.15. The summed E-state index contributed by atoms with van der Waals surface area (Å²) in [6.07, 6.45) is 4.27. The van der Waals surface area contributed by atoms with Gasteiger partial charge in [-0.1, -0.05) is 20.8 Å². The van der Waals surface area contributed by atoms with Crippen LogP contribution in [0.2, 0.25) is 0 Å². The largest absolute Gasteiger partial charge is 0.475 e. The summed E-state index contributed by atoms with van der Waals surface area (Å²) >= 11 is 0. The lowest BCUT2D eigenvalue weighted by molar-refractivity contribution is 0.0663. The lowest BCUT2D eigenvalue weighted by Gasteiger charge is -2.34. The Labute approximate surface area is 159 Å². The predicted molar refractivity (Wildman–Crippen MR) is 106 cm³/mol. The zero-order chi connectivity index (χ0) is 20.0. The van der Waals surface area contributed by atoms with Crippen LogP contribution in [0.15, 0.2) is 35.1 Å². The smallest absolute Gasteiger partial charge is 0.372 e. The number of carboxylic acids is 1. The molecule has 0 saturated carbocycles. The number of aryl methyl sites for hydroxylation is 1. The van der Waals surface area contributed by atoms with Gasteiger partial charge in [0.2, 0.25) is 5.76 Å². The number of aromatic carboxylic acids is 1. The van der Waals surface area contributed by atoms with Crippen molar-refractivity contribution in [2.45, 2.75) is 53.5 Å². The summed E-state index contributed by atoms with van der Waals surface area (Å²) in [6, 6.07) is 5.64. The summed E-state index contributed by atoms with van der Waals surface area (Å²) in [6.45, 7) is 12.9. The molecule has 0 aliphatic heterocycles. The minimum atomic E-state index is -1.11. The maximum Gasteiger partial charge on any atom is 0.372 e. The van der Waals surface area contributed by atoms with Gasteiger partial charge in [-0.15, -0.1) is 0 Å². The van der Waals surface area contributed by atoms with Gasteiger partial charge in [-0.3, -0.25) is 4.40 Å². The van der Waals surface area contributed by atoms with Gasteiger partial charge in [-0.25, -0.2) is 9.78 Å². The molecule has 0 radical (unpaired) electrons. The van der Waals surface area contributed by atoms with Gasteiger partial charge in [-0.2, -0.15) is 0 Å². The SMILES string of the molecule is Cc1ccn2c(NC(C)(C)CC(C)(C)C)c(-c3ccoc3C(=O)O)nc2c1. The molecule has 0 aliphatic carbocycles. The van der Waals surface area contributed by atoms with Crippen molar-refractivity contribution in [2.24, 2.45) is 5.41 Å². The molecule has 6 nitrogen and oxygen atoms in total. The van der Waals surface area contributed by atoms with Crippen LogP contribution in [0.3, 0.4) is 0 Å². The van der Waals surface area contributed by atoms with E-state index in [0.29, 0.717) is 11.3 Å². The van der Waals surface area contributed by atoms with Gasteiger partial charge in [-0.05, 0) is 56.4 Å². The Balaban J connectivity index is 2.17. The van der Waals surface area contributed by atoms with Crippen LogP contribution in [0.5, 0.6) is 0 Å². The molecule has 0 unspecified atom stereocenters. The molecule has 0 aromatic carbocycles. The molecule has 2 N–H and O–H groups in total. The molecule has 0 amide bonds. The van der Waals surface area contributed by atoms with Crippen molar-refractivity contribution in [3.05, 3.63) is 42.0 Å².